The Labute approximate surface area is 162 Å². The normalized spacial score (nSPS) is 11.1. The number of aryl methyl sites for hydroxylation is 2. The number of benzene rings is 1. The maximum absolute atomic E-state index is 12.7. The highest BCUT2D eigenvalue weighted by molar-refractivity contribution is 7.14. The van der Waals surface area contributed by atoms with E-state index in [1.54, 1.807) is 7.05 Å². The fraction of sp³-hybridized carbons (Fsp3) is 0.167. The number of aromatic nitrogens is 5. The molecular formula is C18H16N6O3S. The Morgan fingerprint density at radius 3 is 2.68 bits per heavy atom. The van der Waals surface area contributed by atoms with Crippen LogP contribution in [0.5, 0.6) is 0 Å². The molecule has 28 heavy (non-hydrogen) atoms. The second kappa shape index (κ2) is 6.89. The number of fused-ring (bicyclic) bond motifs is 1. The number of hydrogen-bond donors (Lipinski definition) is 1. The molecule has 0 aliphatic heterocycles. The van der Waals surface area contributed by atoms with Gasteiger partial charge in [0, 0.05) is 25.0 Å². The number of nitrogens with one attached hydrogen (secondary N) is 1. The van der Waals surface area contributed by atoms with Crippen molar-refractivity contribution < 1.29 is 4.79 Å². The number of imidazole rings is 1. The highest BCUT2D eigenvalue weighted by atomic mass is 32.1. The average Bonchev–Trinajstić information content (AvgIpc) is 3.31. The zero-order valence-corrected chi connectivity index (χ0v) is 15.9. The molecule has 3 heterocycles. The number of carbonyl (C=O) groups excluding carboxylic acids is 1. The SMILES string of the molecule is Cn1cnc2c1c(=O)n(CC(=O)Nc1nc(-c3ccccc3)cs1)c(=O)n2C. The molecule has 4 aromatic rings. The molecule has 0 aliphatic rings. The van der Waals surface area contributed by atoms with Gasteiger partial charge in [-0.25, -0.2) is 19.3 Å². The second-order valence-electron chi connectivity index (χ2n) is 6.21. The minimum atomic E-state index is -0.601. The molecule has 142 valence electrons. The van der Waals surface area contributed by atoms with E-state index >= 15 is 0 Å². The van der Waals surface area contributed by atoms with E-state index in [4.69, 9.17) is 0 Å². The van der Waals surface area contributed by atoms with Gasteiger partial charge in [-0.05, 0) is 0 Å². The molecule has 0 saturated carbocycles. The highest BCUT2D eigenvalue weighted by Gasteiger charge is 2.17. The van der Waals surface area contributed by atoms with Crippen LogP contribution in [-0.2, 0) is 25.4 Å². The number of anilines is 1. The maximum atomic E-state index is 12.7. The fourth-order valence-electron chi connectivity index (χ4n) is 2.91. The molecule has 4 rings (SSSR count). The van der Waals surface area contributed by atoms with Gasteiger partial charge in [-0.2, -0.15) is 0 Å². The van der Waals surface area contributed by atoms with Crippen molar-refractivity contribution in [1.82, 2.24) is 23.7 Å². The van der Waals surface area contributed by atoms with Crippen molar-refractivity contribution in [2.45, 2.75) is 6.54 Å². The van der Waals surface area contributed by atoms with Gasteiger partial charge in [0.1, 0.15) is 6.54 Å². The largest absolute Gasteiger partial charge is 0.332 e. The summed E-state index contributed by atoms with van der Waals surface area (Å²) in [4.78, 5) is 46.0. The van der Waals surface area contributed by atoms with E-state index < -0.39 is 23.7 Å². The second-order valence-corrected chi connectivity index (χ2v) is 7.07. The van der Waals surface area contributed by atoms with Crippen molar-refractivity contribution in [3.05, 3.63) is 62.9 Å². The monoisotopic (exact) mass is 396 g/mol. The highest BCUT2D eigenvalue weighted by Crippen LogP contribution is 2.24. The van der Waals surface area contributed by atoms with Crippen molar-refractivity contribution in [3.63, 3.8) is 0 Å². The number of nitrogens with zero attached hydrogens (tertiary/aromatic N) is 5. The molecule has 0 saturated heterocycles. The molecule has 1 aromatic carbocycles. The van der Waals surface area contributed by atoms with Crippen molar-refractivity contribution in [3.8, 4) is 11.3 Å². The van der Waals surface area contributed by atoms with Crippen molar-refractivity contribution in [2.24, 2.45) is 14.1 Å². The Bertz CT molecular complexity index is 1300. The lowest BCUT2D eigenvalue weighted by molar-refractivity contribution is -0.116. The van der Waals surface area contributed by atoms with E-state index in [0.717, 1.165) is 15.8 Å². The Morgan fingerprint density at radius 1 is 1.18 bits per heavy atom. The summed E-state index contributed by atoms with van der Waals surface area (Å²) >= 11 is 1.27. The lowest BCUT2D eigenvalue weighted by atomic mass is 10.2. The van der Waals surface area contributed by atoms with Crippen LogP contribution in [0.2, 0.25) is 0 Å². The van der Waals surface area contributed by atoms with Crippen LogP contribution in [0.4, 0.5) is 5.13 Å². The smallest absolute Gasteiger partial charge is 0.328 e. The van der Waals surface area contributed by atoms with E-state index in [9.17, 15) is 14.4 Å². The molecule has 0 radical (unpaired) electrons. The number of amides is 1. The lowest BCUT2D eigenvalue weighted by Crippen LogP contribution is -2.42. The summed E-state index contributed by atoms with van der Waals surface area (Å²) in [6.45, 7) is -0.410. The van der Waals surface area contributed by atoms with E-state index in [0.29, 0.717) is 5.13 Å². The van der Waals surface area contributed by atoms with Crippen LogP contribution < -0.4 is 16.6 Å². The number of carbonyl (C=O) groups is 1. The third kappa shape index (κ3) is 3.03. The Balaban J connectivity index is 1.60. The summed E-state index contributed by atoms with van der Waals surface area (Å²) in [6, 6.07) is 9.57. The van der Waals surface area contributed by atoms with E-state index in [1.165, 1.54) is 33.8 Å². The first kappa shape index (κ1) is 17.9. The van der Waals surface area contributed by atoms with Crippen LogP contribution in [0.15, 0.2) is 51.6 Å². The molecule has 0 spiro atoms. The van der Waals surface area contributed by atoms with Gasteiger partial charge < -0.3 is 9.88 Å². The van der Waals surface area contributed by atoms with Gasteiger partial charge in [-0.3, -0.25) is 14.2 Å². The predicted molar refractivity (Wildman–Crippen MR) is 106 cm³/mol. The first-order valence-corrected chi connectivity index (χ1v) is 9.25. The van der Waals surface area contributed by atoms with Crippen LogP contribution in [0.3, 0.4) is 0 Å². The van der Waals surface area contributed by atoms with Crippen LogP contribution >= 0.6 is 11.3 Å². The molecule has 0 fully saturated rings. The van der Waals surface area contributed by atoms with Gasteiger partial charge in [-0.1, -0.05) is 30.3 Å². The standard InChI is InChI=1S/C18H16N6O3S/c1-22-10-19-15-14(22)16(26)24(18(27)23(15)2)8-13(25)21-17-20-12(9-28-17)11-6-4-3-5-7-11/h3-7,9-10H,8H2,1-2H3,(H,20,21,25). The molecule has 3 aromatic heterocycles. The molecule has 0 aliphatic carbocycles. The third-order valence-electron chi connectivity index (χ3n) is 4.32. The molecule has 0 unspecified atom stereocenters. The summed E-state index contributed by atoms with van der Waals surface area (Å²) < 4.78 is 3.67. The van der Waals surface area contributed by atoms with E-state index in [-0.39, 0.29) is 11.2 Å². The predicted octanol–water partition coefficient (Wildman–Crippen LogP) is 1.20. The minimum absolute atomic E-state index is 0.260. The van der Waals surface area contributed by atoms with Crippen molar-refractivity contribution >= 4 is 33.5 Å². The Kier molecular flexibility index (Phi) is 4.40. The number of rotatable bonds is 4. The number of thiazole rings is 1. The van der Waals surface area contributed by atoms with Crippen molar-refractivity contribution in [2.75, 3.05) is 5.32 Å². The topological polar surface area (TPSA) is 104 Å². The van der Waals surface area contributed by atoms with Crippen molar-refractivity contribution in [1.29, 1.82) is 0 Å². The van der Waals surface area contributed by atoms with Gasteiger partial charge in [-0.15, -0.1) is 11.3 Å². The first-order chi connectivity index (χ1) is 13.5. The summed E-state index contributed by atoms with van der Waals surface area (Å²) in [6.07, 6.45) is 1.45. The zero-order valence-electron chi connectivity index (χ0n) is 15.1. The fourth-order valence-corrected chi connectivity index (χ4v) is 3.65. The maximum Gasteiger partial charge on any atom is 0.332 e. The van der Waals surface area contributed by atoms with Gasteiger partial charge in [0.25, 0.3) is 5.56 Å². The van der Waals surface area contributed by atoms with Gasteiger partial charge in [0.2, 0.25) is 5.91 Å². The lowest BCUT2D eigenvalue weighted by Gasteiger charge is -2.08. The van der Waals surface area contributed by atoms with Gasteiger partial charge in [0.05, 0.1) is 12.0 Å². The first-order valence-electron chi connectivity index (χ1n) is 8.37. The van der Waals surface area contributed by atoms with E-state index in [1.807, 2.05) is 35.7 Å². The van der Waals surface area contributed by atoms with E-state index in [2.05, 4.69) is 15.3 Å². The molecule has 9 nitrogen and oxygen atoms in total. The molecule has 1 N–H and O–H groups in total. The molecular weight excluding hydrogens is 380 g/mol. The van der Waals surface area contributed by atoms with Crippen LogP contribution in [0.1, 0.15) is 0 Å². The quantitative estimate of drug-likeness (QED) is 0.558. The van der Waals surface area contributed by atoms with Crippen LogP contribution in [0.25, 0.3) is 22.4 Å². The summed E-state index contributed by atoms with van der Waals surface area (Å²) in [5.74, 6) is -0.505. The molecule has 0 atom stereocenters. The molecule has 10 heteroatoms. The summed E-state index contributed by atoms with van der Waals surface area (Å²) in [5.41, 5.74) is 1.06. The Morgan fingerprint density at radius 2 is 1.93 bits per heavy atom. The zero-order chi connectivity index (χ0) is 19.8. The Hall–Kier alpha value is -3.53. The number of hydrogen-bond acceptors (Lipinski definition) is 6. The third-order valence-corrected chi connectivity index (χ3v) is 5.08. The van der Waals surface area contributed by atoms with Crippen LogP contribution in [-0.4, -0.2) is 29.6 Å². The summed E-state index contributed by atoms with van der Waals surface area (Å²) in [7, 11) is 3.17. The molecule has 0 bridgehead atoms. The van der Waals surface area contributed by atoms with Gasteiger partial charge >= 0.3 is 5.69 Å². The van der Waals surface area contributed by atoms with Gasteiger partial charge in [0.15, 0.2) is 16.3 Å². The average molecular weight is 396 g/mol. The summed E-state index contributed by atoms with van der Waals surface area (Å²) in [5, 5.41) is 4.88. The molecule has 1 amide bonds. The minimum Gasteiger partial charge on any atom is -0.328 e. The van der Waals surface area contributed by atoms with Crippen LogP contribution in [0, 0.1) is 0 Å².